The van der Waals surface area contributed by atoms with Gasteiger partial charge in [-0.1, -0.05) is 48.9 Å². The summed E-state index contributed by atoms with van der Waals surface area (Å²) in [5.74, 6) is -0.785. The zero-order chi connectivity index (χ0) is 22.4. The van der Waals surface area contributed by atoms with Crippen LogP contribution in [0.5, 0.6) is 0 Å². The lowest BCUT2D eigenvalue weighted by Crippen LogP contribution is -2.41. The molecule has 9 heteroatoms. The summed E-state index contributed by atoms with van der Waals surface area (Å²) in [4.78, 5) is 49.0. The van der Waals surface area contributed by atoms with Gasteiger partial charge in [0.2, 0.25) is 11.8 Å². The van der Waals surface area contributed by atoms with Crippen molar-refractivity contribution < 1.29 is 9.59 Å². The lowest BCUT2D eigenvalue weighted by molar-refractivity contribution is -0.117. The lowest BCUT2D eigenvalue weighted by Gasteiger charge is -2.12. The van der Waals surface area contributed by atoms with Crippen molar-refractivity contribution in [2.24, 2.45) is 0 Å². The molecule has 0 spiro atoms. The zero-order valence-electron chi connectivity index (χ0n) is 16.8. The van der Waals surface area contributed by atoms with Crippen LogP contribution in [0.3, 0.4) is 0 Å². The van der Waals surface area contributed by atoms with Crippen molar-refractivity contribution in [2.75, 3.05) is 10.6 Å². The van der Waals surface area contributed by atoms with Crippen LogP contribution in [0, 0.1) is 0 Å². The van der Waals surface area contributed by atoms with Crippen LogP contribution >= 0.6 is 11.6 Å². The molecule has 8 nitrogen and oxygen atoms in total. The Bertz CT molecular complexity index is 1220. The Hall–Kier alpha value is -3.65. The molecule has 2 aromatic carbocycles. The highest BCUT2D eigenvalue weighted by atomic mass is 35.5. The molecule has 0 aliphatic rings. The summed E-state index contributed by atoms with van der Waals surface area (Å²) in [6.45, 7) is 1.51. The van der Waals surface area contributed by atoms with Crippen molar-refractivity contribution in [1.29, 1.82) is 0 Å². The molecule has 0 saturated heterocycles. The van der Waals surface area contributed by atoms with Gasteiger partial charge in [-0.05, 0) is 23.8 Å². The maximum Gasteiger partial charge on any atom is 0.331 e. The van der Waals surface area contributed by atoms with Gasteiger partial charge < -0.3 is 10.6 Å². The van der Waals surface area contributed by atoms with Gasteiger partial charge in [0.05, 0.1) is 17.3 Å². The van der Waals surface area contributed by atoms with Crippen molar-refractivity contribution in [1.82, 2.24) is 9.13 Å². The maximum atomic E-state index is 12.7. The minimum atomic E-state index is -0.600. The molecule has 31 heavy (non-hydrogen) atoms. The van der Waals surface area contributed by atoms with Gasteiger partial charge in [-0.25, -0.2) is 4.79 Å². The van der Waals surface area contributed by atoms with E-state index in [-0.39, 0.29) is 23.2 Å². The predicted molar refractivity (Wildman–Crippen MR) is 120 cm³/mol. The van der Waals surface area contributed by atoms with E-state index in [4.69, 9.17) is 11.6 Å². The van der Waals surface area contributed by atoms with Gasteiger partial charge in [0.15, 0.2) is 0 Å². The molecule has 3 rings (SSSR count). The van der Waals surface area contributed by atoms with E-state index in [0.29, 0.717) is 12.1 Å². The molecule has 1 aromatic heterocycles. The number of hydrogen-bond acceptors (Lipinski definition) is 4. The minimum absolute atomic E-state index is 0.186. The monoisotopic (exact) mass is 440 g/mol. The first kappa shape index (κ1) is 22.0. The first-order valence-electron chi connectivity index (χ1n) is 9.61. The average molecular weight is 441 g/mol. The molecule has 0 radical (unpaired) electrons. The SMILES string of the molecule is CCC(=O)Nc1ccc(Cl)c(NC(=O)Cn2c(=O)ccn(Cc3ccccc3)c2=O)c1. The standard InChI is InChI=1S/C22H21ClN4O4/c1-2-19(28)24-16-8-9-17(23)18(12-16)25-20(29)14-27-21(30)10-11-26(22(27)31)13-15-6-4-3-5-7-15/h3-12H,2,13-14H2,1H3,(H,24,28)(H,25,29). The van der Waals surface area contributed by atoms with Crippen molar-refractivity contribution in [3.8, 4) is 0 Å². The maximum absolute atomic E-state index is 12.7. The van der Waals surface area contributed by atoms with E-state index in [2.05, 4.69) is 10.6 Å². The predicted octanol–water partition coefficient (Wildman–Crippen LogP) is 2.70. The van der Waals surface area contributed by atoms with Crippen molar-refractivity contribution >= 4 is 34.8 Å². The van der Waals surface area contributed by atoms with E-state index in [0.717, 1.165) is 10.1 Å². The minimum Gasteiger partial charge on any atom is -0.326 e. The second kappa shape index (κ2) is 9.90. The number of benzene rings is 2. The van der Waals surface area contributed by atoms with Crippen LogP contribution in [0.15, 0.2) is 70.4 Å². The molecule has 0 aliphatic carbocycles. The van der Waals surface area contributed by atoms with Crippen LogP contribution in [0.4, 0.5) is 11.4 Å². The summed E-state index contributed by atoms with van der Waals surface area (Å²) in [5, 5.41) is 5.51. The third-order valence-electron chi connectivity index (χ3n) is 4.48. The van der Waals surface area contributed by atoms with Crippen molar-refractivity contribution in [3.05, 3.63) is 92.2 Å². The molecule has 0 bridgehead atoms. The topological polar surface area (TPSA) is 102 Å². The van der Waals surface area contributed by atoms with Gasteiger partial charge in [0.1, 0.15) is 6.54 Å². The number of hydrogen-bond donors (Lipinski definition) is 2. The van der Waals surface area contributed by atoms with Gasteiger partial charge in [-0.15, -0.1) is 0 Å². The molecule has 3 aromatic rings. The van der Waals surface area contributed by atoms with Crippen LogP contribution in [0.25, 0.3) is 0 Å². The fourth-order valence-corrected chi connectivity index (χ4v) is 3.05. The highest BCUT2D eigenvalue weighted by Gasteiger charge is 2.13. The summed E-state index contributed by atoms with van der Waals surface area (Å²) in [7, 11) is 0. The first-order chi connectivity index (χ1) is 14.9. The fourth-order valence-electron chi connectivity index (χ4n) is 2.88. The molecule has 1 heterocycles. The van der Waals surface area contributed by atoms with Gasteiger partial charge in [-0.3, -0.25) is 23.5 Å². The van der Waals surface area contributed by atoms with E-state index in [1.807, 2.05) is 30.3 Å². The van der Waals surface area contributed by atoms with E-state index in [9.17, 15) is 19.2 Å². The number of anilines is 2. The largest absolute Gasteiger partial charge is 0.331 e. The normalized spacial score (nSPS) is 10.5. The van der Waals surface area contributed by atoms with E-state index >= 15 is 0 Å². The van der Waals surface area contributed by atoms with Crippen LogP contribution in [-0.4, -0.2) is 20.9 Å². The summed E-state index contributed by atoms with van der Waals surface area (Å²) < 4.78 is 2.22. The Morgan fingerprint density at radius 1 is 0.968 bits per heavy atom. The number of carbonyl (C=O) groups excluding carboxylic acids is 2. The van der Waals surface area contributed by atoms with Crippen LogP contribution < -0.4 is 21.9 Å². The van der Waals surface area contributed by atoms with Crippen LogP contribution in [0.1, 0.15) is 18.9 Å². The molecule has 2 amide bonds. The summed E-state index contributed by atoms with van der Waals surface area (Å²) in [6, 6.07) is 15.2. The summed E-state index contributed by atoms with van der Waals surface area (Å²) in [6.07, 6.45) is 1.71. The summed E-state index contributed by atoms with van der Waals surface area (Å²) >= 11 is 6.13. The molecule has 0 saturated carbocycles. The number of rotatable bonds is 7. The molecule has 0 unspecified atom stereocenters. The van der Waals surface area contributed by atoms with Crippen molar-refractivity contribution in [3.63, 3.8) is 0 Å². The highest BCUT2D eigenvalue weighted by molar-refractivity contribution is 6.33. The Kier molecular flexibility index (Phi) is 7.04. The Labute approximate surface area is 183 Å². The number of carbonyl (C=O) groups is 2. The van der Waals surface area contributed by atoms with Crippen molar-refractivity contribution in [2.45, 2.75) is 26.4 Å². The van der Waals surface area contributed by atoms with Crippen LogP contribution in [0.2, 0.25) is 5.02 Å². The first-order valence-corrected chi connectivity index (χ1v) is 9.98. The van der Waals surface area contributed by atoms with Gasteiger partial charge in [0, 0.05) is 24.4 Å². The molecule has 0 atom stereocenters. The second-order valence-corrected chi connectivity index (χ2v) is 7.19. The molecule has 0 fully saturated rings. The molecular weight excluding hydrogens is 420 g/mol. The number of nitrogens with zero attached hydrogens (tertiary/aromatic N) is 2. The fraction of sp³-hybridized carbons (Fsp3) is 0.182. The smallest absolute Gasteiger partial charge is 0.326 e. The molecular formula is C22H21ClN4O4. The Morgan fingerprint density at radius 3 is 2.42 bits per heavy atom. The quantitative estimate of drug-likeness (QED) is 0.589. The van der Waals surface area contributed by atoms with E-state index < -0.39 is 23.7 Å². The van der Waals surface area contributed by atoms with Crippen LogP contribution in [-0.2, 0) is 22.7 Å². The second-order valence-electron chi connectivity index (χ2n) is 6.78. The highest BCUT2D eigenvalue weighted by Crippen LogP contribution is 2.25. The average Bonchev–Trinajstić information content (AvgIpc) is 2.76. The molecule has 160 valence electrons. The molecule has 0 aliphatic heterocycles. The van der Waals surface area contributed by atoms with Gasteiger partial charge >= 0.3 is 5.69 Å². The molecule has 2 N–H and O–H groups in total. The van der Waals surface area contributed by atoms with E-state index in [1.54, 1.807) is 13.0 Å². The number of halogens is 1. The Morgan fingerprint density at radius 2 is 1.71 bits per heavy atom. The number of nitrogens with one attached hydrogen (secondary N) is 2. The lowest BCUT2D eigenvalue weighted by atomic mass is 10.2. The number of amides is 2. The van der Waals surface area contributed by atoms with E-state index in [1.165, 1.54) is 29.0 Å². The van der Waals surface area contributed by atoms with Gasteiger partial charge in [-0.2, -0.15) is 0 Å². The third kappa shape index (κ3) is 5.70. The Balaban J connectivity index is 1.78. The number of aromatic nitrogens is 2. The van der Waals surface area contributed by atoms with Gasteiger partial charge in [0.25, 0.3) is 5.56 Å². The zero-order valence-corrected chi connectivity index (χ0v) is 17.6. The summed E-state index contributed by atoms with van der Waals surface area (Å²) in [5.41, 5.74) is 0.431. The third-order valence-corrected chi connectivity index (χ3v) is 4.81.